The van der Waals surface area contributed by atoms with E-state index in [1.54, 1.807) is 31.9 Å². The van der Waals surface area contributed by atoms with Gasteiger partial charge in [0.25, 0.3) is 5.91 Å². The second-order valence-corrected chi connectivity index (χ2v) is 10.5. The van der Waals surface area contributed by atoms with Gasteiger partial charge in [0, 0.05) is 26.2 Å². The van der Waals surface area contributed by atoms with Crippen LogP contribution in [-0.4, -0.2) is 44.7 Å². The first-order chi connectivity index (χ1) is 16.4. The molecule has 7 nitrogen and oxygen atoms in total. The van der Waals surface area contributed by atoms with E-state index < -0.39 is 11.5 Å². The van der Waals surface area contributed by atoms with Crippen molar-refractivity contribution in [3.05, 3.63) is 58.1 Å². The smallest absolute Gasteiger partial charge is 0.323 e. The molecule has 0 bridgehead atoms. The van der Waals surface area contributed by atoms with Crippen LogP contribution in [0, 0.1) is 0 Å². The first kappa shape index (κ1) is 26.5. The van der Waals surface area contributed by atoms with Crippen molar-refractivity contribution < 1.29 is 24.9 Å². The Morgan fingerprint density at radius 1 is 1.09 bits per heavy atom. The van der Waals surface area contributed by atoms with Gasteiger partial charge in [-0.1, -0.05) is 44.9 Å². The summed E-state index contributed by atoms with van der Waals surface area (Å²) in [6, 6.07) is 9.00. The number of carboxylic acids is 1. The molecular formula is C28H38N2O5. The second-order valence-electron chi connectivity index (χ2n) is 10.5. The summed E-state index contributed by atoms with van der Waals surface area (Å²) in [5.74, 6) is -1.06. The predicted molar refractivity (Wildman–Crippen MR) is 136 cm³/mol. The number of aromatic hydroxyl groups is 2. The summed E-state index contributed by atoms with van der Waals surface area (Å²) in [6.45, 7) is 7.85. The average molecular weight is 483 g/mol. The Morgan fingerprint density at radius 3 is 2.34 bits per heavy atom. The molecule has 0 aliphatic heterocycles. The molecule has 0 atom stereocenters. The quantitative estimate of drug-likeness (QED) is 0.396. The fourth-order valence-corrected chi connectivity index (χ4v) is 4.70. The highest BCUT2D eigenvalue weighted by atomic mass is 16.4. The van der Waals surface area contributed by atoms with Crippen LogP contribution in [0.5, 0.6) is 11.5 Å². The molecule has 0 unspecified atom stereocenters. The minimum absolute atomic E-state index is 0.000611. The summed E-state index contributed by atoms with van der Waals surface area (Å²) in [7, 11) is 1.71. The van der Waals surface area contributed by atoms with Crippen molar-refractivity contribution in [2.24, 2.45) is 0 Å². The largest absolute Gasteiger partial charge is 0.508 e. The summed E-state index contributed by atoms with van der Waals surface area (Å²) in [5.41, 5.74) is 2.93. The van der Waals surface area contributed by atoms with Gasteiger partial charge in [0.05, 0.1) is 5.56 Å². The van der Waals surface area contributed by atoms with E-state index in [0.29, 0.717) is 24.6 Å². The van der Waals surface area contributed by atoms with Crippen molar-refractivity contribution in [3.63, 3.8) is 0 Å². The van der Waals surface area contributed by atoms with E-state index in [0.717, 1.165) is 24.0 Å². The Kier molecular flexibility index (Phi) is 8.11. The third kappa shape index (κ3) is 6.14. The summed E-state index contributed by atoms with van der Waals surface area (Å²) in [6.07, 6.45) is 4.61. The predicted octanol–water partition coefficient (Wildman–Crippen LogP) is 5.10. The van der Waals surface area contributed by atoms with Gasteiger partial charge in [-0.2, -0.15) is 0 Å². The number of carbonyl (C=O) groups excluding carboxylic acids is 1. The van der Waals surface area contributed by atoms with Gasteiger partial charge >= 0.3 is 5.97 Å². The third-order valence-electron chi connectivity index (χ3n) is 7.02. The highest BCUT2D eigenvalue weighted by molar-refractivity contribution is 5.97. The van der Waals surface area contributed by atoms with E-state index in [1.165, 1.54) is 24.5 Å². The fourth-order valence-electron chi connectivity index (χ4n) is 4.70. The zero-order valence-electron chi connectivity index (χ0n) is 21.4. The number of carboxylic acid groups (broad SMARTS) is 1. The molecule has 7 heteroatoms. The Bertz CT molecular complexity index is 1090. The maximum atomic E-state index is 13.3. The van der Waals surface area contributed by atoms with Crippen molar-refractivity contribution in [1.29, 1.82) is 0 Å². The van der Waals surface area contributed by atoms with Crippen LogP contribution in [0.3, 0.4) is 0 Å². The van der Waals surface area contributed by atoms with Gasteiger partial charge in [0.15, 0.2) is 0 Å². The molecule has 3 rings (SSSR count). The molecule has 2 aromatic carbocycles. The monoisotopic (exact) mass is 482 g/mol. The van der Waals surface area contributed by atoms with Crippen molar-refractivity contribution in [2.75, 3.05) is 7.05 Å². The lowest BCUT2D eigenvalue weighted by Crippen LogP contribution is -2.46. The van der Waals surface area contributed by atoms with Gasteiger partial charge in [-0.05, 0) is 66.8 Å². The number of amides is 1. The van der Waals surface area contributed by atoms with Gasteiger partial charge in [0.1, 0.15) is 17.0 Å². The van der Waals surface area contributed by atoms with Crippen molar-refractivity contribution in [3.8, 4) is 11.5 Å². The van der Waals surface area contributed by atoms with E-state index in [4.69, 9.17) is 0 Å². The molecule has 0 aromatic heterocycles. The SMILES string of the molecule is CC(C)c1cc(C(=O)N(C)Cc2cc(CNC(C)(C)C(=O)O)ccc2C2CCCC2)c(O)cc1O. The fraction of sp³-hybridized carbons (Fsp3) is 0.500. The molecule has 0 heterocycles. The van der Waals surface area contributed by atoms with Crippen LogP contribution >= 0.6 is 0 Å². The normalized spacial score (nSPS) is 14.5. The van der Waals surface area contributed by atoms with E-state index in [-0.39, 0.29) is 28.9 Å². The number of hydrogen-bond acceptors (Lipinski definition) is 5. The lowest BCUT2D eigenvalue weighted by molar-refractivity contribution is -0.143. The van der Waals surface area contributed by atoms with Gasteiger partial charge < -0.3 is 20.2 Å². The molecule has 0 saturated heterocycles. The van der Waals surface area contributed by atoms with Gasteiger partial charge in [0.2, 0.25) is 0 Å². The molecule has 1 aliphatic carbocycles. The lowest BCUT2D eigenvalue weighted by Gasteiger charge is -2.24. The molecule has 1 amide bonds. The number of hydrogen-bond donors (Lipinski definition) is 4. The summed E-state index contributed by atoms with van der Waals surface area (Å²) in [5, 5.41) is 33.0. The van der Waals surface area contributed by atoms with Crippen LogP contribution in [0.4, 0.5) is 0 Å². The molecule has 4 N–H and O–H groups in total. The van der Waals surface area contributed by atoms with Crippen LogP contribution < -0.4 is 5.32 Å². The van der Waals surface area contributed by atoms with E-state index in [2.05, 4.69) is 17.4 Å². The molecular weight excluding hydrogens is 444 g/mol. The standard InChI is InChI=1S/C28H38N2O5/c1-17(2)22-13-23(25(32)14-24(22)31)26(33)30(5)16-20-12-18(15-29-28(3,4)27(34)35)10-11-21(20)19-8-6-7-9-19/h10-14,17,19,29,31-32H,6-9,15-16H2,1-5H3,(H,34,35). The lowest BCUT2D eigenvalue weighted by atomic mass is 9.91. The maximum absolute atomic E-state index is 13.3. The van der Waals surface area contributed by atoms with Crippen LogP contribution in [0.25, 0.3) is 0 Å². The number of carbonyl (C=O) groups is 2. The Hall–Kier alpha value is -3.06. The highest BCUT2D eigenvalue weighted by Crippen LogP contribution is 2.37. The number of aliphatic carboxylic acids is 1. The van der Waals surface area contributed by atoms with E-state index in [1.807, 2.05) is 19.9 Å². The summed E-state index contributed by atoms with van der Waals surface area (Å²) >= 11 is 0. The Labute approximate surface area is 207 Å². The van der Waals surface area contributed by atoms with Gasteiger partial charge in [-0.25, -0.2) is 0 Å². The van der Waals surface area contributed by atoms with Gasteiger partial charge in [-0.3, -0.25) is 14.9 Å². The number of benzene rings is 2. The first-order valence-electron chi connectivity index (χ1n) is 12.3. The van der Waals surface area contributed by atoms with E-state index >= 15 is 0 Å². The molecule has 1 fully saturated rings. The third-order valence-corrected chi connectivity index (χ3v) is 7.02. The number of rotatable bonds is 9. The van der Waals surface area contributed by atoms with Crippen LogP contribution in [-0.2, 0) is 17.9 Å². The van der Waals surface area contributed by atoms with Crippen molar-refractivity contribution in [2.45, 2.75) is 83.8 Å². The number of nitrogens with zero attached hydrogens (tertiary/aromatic N) is 1. The summed E-state index contributed by atoms with van der Waals surface area (Å²) in [4.78, 5) is 26.4. The molecule has 35 heavy (non-hydrogen) atoms. The Balaban J connectivity index is 1.88. The van der Waals surface area contributed by atoms with E-state index in [9.17, 15) is 24.9 Å². The topological polar surface area (TPSA) is 110 Å². The second kappa shape index (κ2) is 10.7. The molecule has 1 aliphatic rings. The molecule has 190 valence electrons. The number of phenols is 2. The molecule has 0 radical (unpaired) electrons. The van der Waals surface area contributed by atoms with Gasteiger partial charge in [-0.15, -0.1) is 0 Å². The van der Waals surface area contributed by atoms with Crippen molar-refractivity contribution in [1.82, 2.24) is 10.2 Å². The highest BCUT2D eigenvalue weighted by Gasteiger charge is 2.27. The zero-order chi connectivity index (χ0) is 25.9. The minimum atomic E-state index is -1.05. The van der Waals surface area contributed by atoms with Crippen LogP contribution in [0.1, 0.15) is 97.8 Å². The maximum Gasteiger partial charge on any atom is 0.323 e. The molecule has 2 aromatic rings. The van der Waals surface area contributed by atoms with Crippen LogP contribution in [0.2, 0.25) is 0 Å². The number of phenolic OH excluding ortho intramolecular Hbond substituents is 2. The zero-order valence-corrected chi connectivity index (χ0v) is 21.4. The molecule has 1 saturated carbocycles. The van der Waals surface area contributed by atoms with Crippen LogP contribution in [0.15, 0.2) is 30.3 Å². The minimum Gasteiger partial charge on any atom is -0.508 e. The first-order valence-corrected chi connectivity index (χ1v) is 12.3. The average Bonchev–Trinajstić information content (AvgIpc) is 3.32. The van der Waals surface area contributed by atoms with Crippen molar-refractivity contribution >= 4 is 11.9 Å². The Morgan fingerprint density at radius 2 is 1.74 bits per heavy atom. The summed E-state index contributed by atoms with van der Waals surface area (Å²) < 4.78 is 0. The number of nitrogens with one attached hydrogen (secondary N) is 1. The molecule has 0 spiro atoms.